The molecule has 3 nitrogen and oxygen atoms in total. The van der Waals surface area contributed by atoms with Gasteiger partial charge >= 0.3 is 5.97 Å². The molecule has 0 amide bonds. The van der Waals surface area contributed by atoms with Gasteiger partial charge in [-0.05, 0) is 65.2 Å². The molecular weight excluding hydrogens is 337 g/mol. The van der Waals surface area contributed by atoms with E-state index in [1.807, 2.05) is 12.1 Å². The molecule has 2 aliphatic heterocycles. The number of aliphatic carboxylic acids is 1. The summed E-state index contributed by atoms with van der Waals surface area (Å²) in [6.07, 6.45) is 4.56. The summed E-state index contributed by atoms with van der Waals surface area (Å²) in [5.74, 6) is -0.603. The lowest BCUT2D eigenvalue weighted by molar-refractivity contribution is -0.138. The first-order valence-corrected chi connectivity index (χ1v) is 8.23. The van der Waals surface area contributed by atoms with Crippen molar-refractivity contribution in [3.63, 3.8) is 0 Å². The number of carboxylic acid groups (broad SMARTS) is 1. The third-order valence-electron chi connectivity index (χ3n) is 4.79. The van der Waals surface area contributed by atoms with Gasteiger partial charge in [-0.1, -0.05) is 6.07 Å². The van der Waals surface area contributed by atoms with E-state index >= 15 is 0 Å². The largest absolute Gasteiger partial charge is 0.481 e. The zero-order chi connectivity index (χ0) is 15.0. The quantitative estimate of drug-likeness (QED) is 0.892. The van der Waals surface area contributed by atoms with Gasteiger partial charge in [-0.2, -0.15) is 0 Å². The zero-order valence-electron chi connectivity index (χ0n) is 11.8. The minimum Gasteiger partial charge on any atom is -0.481 e. The highest BCUT2D eigenvalue weighted by Crippen LogP contribution is 2.40. The van der Waals surface area contributed by atoms with Crippen LogP contribution in [-0.4, -0.2) is 28.1 Å². The number of halogens is 2. The molecule has 1 aromatic rings. The molecule has 2 atom stereocenters. The highest BCUT2D eigenvalue weighted by molar-refractivity contribution is 9.10. The fourth-order valence-electron chi connectivity index (χ4n) is 3.91. The van der Waals surface area contributed by atoms with Crippen molar-refractivity contribution in [2.75, 3.05) is 0 Å². The Kier molecular flexibility index (Phi) is 4.31. The van der Waals surface area contributed by atoms with Crippen molar-refractivity contribution in [2.45, 2.75) is 50.7 Å². The van der Waals surface area contributed by atoms with Gasteiger partial charge in [0.25, 0.3) is 0 Å². The molecule has 114 valence electrons. The smallest absolute Gasteiger partial charge is 0.303 e. The number of carbonyl (C=O) groups is 1. The molecule has 5 heteroatoms. The predicted octanol–water partition coefficient (Wildman–Crippen LogP) is 3.81. The molecule has 2 saturated heterocycles. The average Bonchev–Trinajstić information content (AvgIpc) is 2.65. The molecule has 2 heterocycles. The number of benzene rings is 1. The third kappa shape index (κ3) is 3.29. The second-order valence-corrected chi connectivity index (χ2v) is 7.10. The van der Waals surface area contributed by atoms with E-state index in [-0.39, 0.29) is 5.82 Å². The Morgan fingerprint density at radius 1 is 1.33 bits per heavy atom. The van der Waals surface area contributed by atoms with Crippen LogP contribution in [0.25, 0.3) is 0 Å². The fraction of sp³-hybridized carbons (Fsp3) is 0.562. The maximum absolute atomic E-state index is 13.3. The van der Waals surface area contributed by atoms with Gasteiger partial charge in [-0.15, -0.1) is 0 Å². The molecule has 2 bridgehead atoms. The summed E-state index contributed by atoms with van der Waals surface area (Å²) in [7, 11) is 0. The van der Waals surface area contributed by atoms with E-state index in [0.717, 1.165) is 37.8 Å². The minimum absolute atomic E-state index is 0.234. The van der Waals surface area contributed by atoms with Crippen LogP contribution >= 0.6 is 15.9 Å². The molecule has 21 heavy (non-hydrogen) atoms. The number of hydrogen-bond acceptors (Lipinski definition) is 2. The maximum atomic E-state index is 13.3. The van der Waals surface area contributed by atoms with E-state index in [9.17, 15) is 9.18 Å². The lowest BCUT2D eigenvalue weighted by Gasteiger charge is -2.38. The van der Waals surface area contributed by atoms with Crippen LogP contribution in [0.5, 0.6) is 0 Å². The first-order valence-electron chi connectivity index (χ1n) is 7.44. The Balaban J connectivity index is 1.67. The first-order chi connectivity index (χ1) is 10.0. The minimum atomic E-state index is -0.685. The summed E-state index contributed by atoms with van der Waals surface area (Å²) in [5, 5.41) is 8.96. The van der Waals surface area contributed by atoms with Gasteiger partial charge in [0, 0.05) is 25.0 Å². The second-order valence-electron chi connectivity index (χ2n) is 6.24. The number of hydrogen-bond donors (Lipinski definition) is 1. The van der Waals surface area contributed by atoms with E-state index in [1.54, 1.807) is 0 Å². The highest BCUT2D eigenvalue weighted by atomic mass is 79.9. The van der Waals surface area contributed by atoms with Gasteiger partial charge in [0.1, 0.15) is 5.82 Å². The average molecular weight is 356 g/mol. The molecule has 0 radical (unpaired) electrons. The predicted molar refractivity (Wildman–Crippen MR) is 81.4 cm³/mol. The third-order valence-corrected chi connectivity index (χ3v) is 5.40. The normalized spacial score (nSPS) is 28.8. The molecule has 2 aliphatic rings. The van der Waals surface area contributed by atoms with Crippen molar-refractivity contribution < 1.29 is 14.3 Å². The summed E-state index contributed by atoms with van der Waals surface area (Å²) >= 11 is 3.23. The van der Waals surface area contributed by atoms with Gasteiger partial charge in [0.2, 0.25) is 0 Å². The Morgan fingerprint density at radius 2 is 2.00 bits per heavy atom. The molecule has 0 aliphatic carbocycles. The van der Waals surface area contributed by atoms with Crippen molar-refractivity contribution in [2.24, 2.45) is 5.92 Å². The van der Waals surface area contributed by atoms with Crippen molar-refractivity contribution in [1.29, 1.82) is 0 Å². The summed E-state index contributed by atoms with van der Waals surface area (Å²) in [6, 6.07) is 6.15. The SMILES string of the molecule is O=C(O)CC1CC2CCC(C1)N2Cc1ccc(F)c(Br)c1. The van der Waals surface area contributed by atoms with Gasteiger partial charge in [-0.3, -0.25) is 9.69 Å². The van der Waals surface area contributed by atoms with Crippen LogP contribution in [-0.2, 0) is 11.3 Å². The van der Waals surface area contributed by atoms with Gasteiger partial charge in [0.15, 0.2) is 0 Å². The van der Waals surface area contributed by atoms with E-state index in [2.05, 4.69) is 20.8 Å². The van der Waals surface area contributed by atoms with E-state index in [0.29, 0.717) is 28.9 Å². The number of fused-ring (bicyclic) bond motifs is 2. The van der Waals surface area contributed by atoms with Gasteiger partial charge in [0.05, 0.1) is 4.47 Å². The fourth-order valence-corrected chi connectivity index (χ4v) is 4.33. The van der Waals surface area contributed by atoms with Gasteiger partial charge in [-0.25, -0.2) is 4.39 Å². The summed E-state index contributed by atoms with van der Waals surface area (Å²) in [6.45, 7) is 0.827. The van der Waals surface area contributed by atoms with Crippen molar-refractivity contribution in [3.05, 3.63) is 34.1 Å². The number of nitrogens with zero attached hydrogens (tertiary/aromatic N) is 1. The molecule has 0 aromatic heterocycles. The van der Waals surface area contributed by atoms with E-state index < -0.39 is 5.97 Å². The monoisotopic (exact) mass is 355 g/mol. The molecule has 1 N–H and O–H groups in total. The van der Waals surface area contributed by atoms with Crippen molar-refractivity contribution >= 4 is 21.9 Å². The Labute approximate surface area is 132 Å². The summed E-state index contributed by atoms with van der Waals surface area (Å²) < 4.78 is 13.8. The van der Waals surface area contributed by atoms with Crippen LogP contribution in [0.2, 0.25) is 0 Å². The van der Waals surface area contributed by atoms with Crippen molar-refractivity contribution in [3.8, 4) is 0 Å². The maximum Gasteiger partial charge on any atom is 0.303 e. The number of piperidine rings is 1. The van der Waals surface area contributed by atoms with Crippen LogP contribution < -0.4 is 0 Å². The zero-order valence-corrected chi connectivity index (χ0v) is 13.4. The lowest BCUT2D eigenvalue weighted by atomic mass is 9.88. The molecule has 3 rings (SSSR count). The topological polar surface area (TPSA) is 40.5 Å². The van der Waals surface area contributed by atoms with Crippen LogP contribution in [0.15, 0.2) is 22.7 Å². The number of carboxylic acids is 1. The number of rotatable bonds is 4. The highest BCUT2D eigenvalue weighted by Gasteiger charge is 2.40. The molecule has 0 spiro atoms. The van der Waals surface area contributed by atoms with Crippen LogP contribution in [0.3, 0.4) is 0 Å². The summed E-state index contributed by atoms with van der Waals surface area (Å²) in [4.78, 5) is 13.4. The lowest BCUT2D eigenvalue weighted by Crippen LogP contribution is -2.42. The van der Waals surface area contributed by atoms with E-state index in [4.69, 9.17) is 5.11 Å². The molecule has 2 unspecified atom stereocenters. The Hall–Kier alpha value is -0.940. The molecule has 1 aromatic carbocycles. The molecule has 2 fully saturated rings. The molecular formula is C16H19BrFNO2. The van der Waals surface area contributed by atoms with Crippen LogP contribution in [0, 0.1) is 11.7 Å². The first kappa shape index (κ1) is 15.0. The Bertz CT molecular complexity index is 537. The standard InChI is InChI=1S/C16H19BrFNO2/c17-14-7-10(1-4-15(14)18)9-19-12-2-3-13(19)6-11(5-12)8-16(20)21/h1,4,7,11-13H,2-3,5-6,8-9H2,(H,20,21). The van der Waals surface area contributed by atoms with Crippen LogP contribution in [0.1, 0.15) is 37.7 Å². The Morgan fingerprint density at radius 3 is 2.57 bits per heavy atom. The second kappa shape index (κ2) is 6.05. The molecule has 0 saturated carbocycles. The van der Waals surface area contributed by atoms with Crippen LogP contribution in [0.4, 0.5) is 4.39 Å². The summed E-state index contributed by atoms with van der Waals surface area (Å²) in [5.41, 5.74) is 1.11. The van der Waals surface area contributed by atoms with E-state index in [1.165, 1.54) is 6.07 Å². The van der Waals surface area contributed by atoms with Crippen molar-refractivity contribution in [1.82, 2.24) is 4.90 Å². The van der Waals surface area contributed by atoms with Gasteiger partial charge < -0.3 is 5.11 Å².